The molecule has 2 atom stereocenters. The zero-order valence-electron chi connectivity index (χ0n) is 12.7. The van der Waals surface area contributed by atoms with E-state index in [1.807, 2.05) is 12.1 Å². The highest BCUT2D eigenvalue weighted by molar-refractivity contribution is 5.20. The van der Waals surface area contributed by atoms with Gasteiger partial charge in [0.05, 0.1) is 0 Å². The van der Waals surface area contributed by atoms with Crippen LogP contribution in [0.25, 0.3) is 0 Å². The average Bonchev–Trinajstić information content (AvgIpc) is 2.74. The molecule has 0 aromatic heterocycles. The van der Waals surface area contributed by atoms with Crippen molar-refractivity contribution in [3.8, 4) is 0 Å². The van der Waals surface area contributed by atoms with Crippen LogP contribution >= 0.6 is 0 Å². The van der Waals surface area contributed by atoms with Crippen molar-refractivity contribution < 1.29 is 4.39 Å². The van der Waals surface area contributed by atoms with E-state index in [9.17, 15) is 4.39 Å². The molecule has 2 unspecified atom stereocenters. The summed E-state index contributed by atoms with van der Waals surface area (Å²) in [7, 11) is 0. The van der Waals surface area contributed by atoms with E-state index in [-0.39, 0.29) is 5.82 Å². The van der Waals surface area contributed by atoms with Crippen LogP contribution in [0.3, 0.4) is 0 Å². The summed E-state index contributed by atoms with van der Waals surface area (Å²) in [4.78, 5) is 2.60. The van der Waals surface area contributed by atoms with Gasteiger partial charge in [-0.3, -0.25) is 0 Å². The number of hydrogen-bond donors (Lipinski definition) is 1. The van der Waals surface area contributed by atoms with E-state index in [1.165, 1.54) is 24.8 Å². The molecule has 1 fully saturated rings. The van der Waals surface area contributed by atoms with Crippen molar-refractivity contribution in [1.82, 2.24) is 10.2 Å². The zero-order chi connectivity index (χ0) is 14.4. The molecule has 0 spiro atoms. The molecule has 0 bridgehead atoms. The number of nitrogens with zero attached hydrogens (tertiary/aromatic N) is 1. The van der Waals surface area contributed by atoms with Crippen LogP contribution in [0.1, 0.15) is 44.6 Å². The molecule has 1 saturated heterocycles. The molecule has 20 heavy (non-hydrogen) atoms. The Morgan fingerprint density at radius 1 is 1.25 bits per heavy atom. The van der Waals surface area contributed by atoms with Gasteiger partial charge >= 0.3 is 0 Å². The third-order valence-electron chi connectivity index (χ3n) is 4.42. The maximum Gasteiger partial charge on any atom is 0.123 e. The second kappa shape index (κ2) is 7.75. The van der Waals surface area contributed by atoms with E-state index in [2.05, 4.69) is 24.1 Å². The first-order valence-electron chi connectivity index (χ1n) is 7.91. The molecule has 0 radical (unpaired) electrons. The second-order valence-corrected chi connectivity index (χ2v) is 5.87. The first-order valence-corrected chi connectivity index (χ1v) is 7.91. The molecule has 1 N–H and O–H groups in total. The van der Waals surface area contributed by atoms with Gasteiger partial charge in [-0.2, -0.15) is 0 Å². The van der Waals surface area contributed by atoms with Gasteiger partial charge in [0.15, 0.2) is 0 Å². The Balaban J connectivity index is 1.95. The molecule has 1 aliphatic heterocycles. The van der Waals surface area contributed by atoms with Gasteiger partial charge in [-0.1, -0.05) is 26.0 Å². The molecule has 1 aliphatic rings. The lowest BCUT2D eigenvalue weighted by Gasteiger charge is -2.32. The number of likely N-dealkylation sites (N-methyl/N-ethyl adjacent to an activating group) is 1. The van der Waals surface area contributed by atoms with Crippen LogP contribution in [0.5, 0.6) is 0 Å². The molecule has 0 amide bonds. The number of nitrogens with one attached hydrogen (secondary N) is 1. The molecule has 0 saturated carbocycles. The Kier molecular flexibility index (Phi) is 5.99. The highest BCUT2D eigenvalue weighted by Gasteiger charge is 2.20. The van der Waals surface area contributed by atoms with Gasteiger partial charge in [-0.25, -0.2) is 4.39 Å². The summed E-state index contributed by atoms with van der Waals surface area (Å²) < 4.78 is 13.0. The summed E-state index contributed by atoms with van der Waals surface area (Å²) in [5.41, 5.74) is 1.23. The van der Waals surface area contributed by atoms with E-state index < -0.39 is 0 Å². The molecule has 1 aromatic carbocycles. The molecule has 1 heterocycles. The van der Waals surface area contributed by atoms with Crippen LogP contribution in [-0.4, -0.2) is 37.1 Å². The Bertz CT molecular complexity index is 382. The molecule has 112 valence electrons. The van der Waals surface area contributed by atoms with Gasteiger partial charge in [0, 0.05) is 12.6 Å². The third kappa shape index (κ3) is 4.29. The second-order valence-electron chi connectivity index (χ2n) is 5.87. The van der Waals surface area contributed by atoms with E-state index in [4.69, 9.17) is 0 Å². The van der Waals surface area contributed by atoms with Crippen molar-refractivity contribution in [2.24, 2.45) is 0 Å². The van der Waals surface area contributed by atoms with Crippen LogP contribution < -0.4 is 5.32 Å². The maximum atomic E-state index is 13.0. The van der Waals surface area contributed by atoms with Crippen molar-refractivity contribution in [1.29, 1.82) is 0 Å². The third-order valence-corrected chi connectivity index (χ3v) is 4.42. The molecule has 2 nitrogen and oxygen atoms in total. The largest absolute Gasteiger partial charge is 0.317 e. The molecule has 1 aromatic rings. The fraction of sp³-hybridized carbons (Fsp3) is 0.647. The first-order chi connectivity index (χ1) is 9.70. The SMILES string of the molecule is CCN(CC(C)c1ccc(F)cc1)C1CCCNCC1. The van der Waals surface area contributed by atoms with Crippen molar-refractivity contribution in [3.63, 3.8) is 0 Å². The predicted molar refractivity (Wildman–Crippen MR) is 82.6 cm³/mol. The van der Waals surface area contributed by atoms with Crippen LogP contribution in [0, 0.1) is 5.82 Å². The minimum atomic E-state index is -0.150. The topological polar surface area (TPSA) is 15.3 Å². The maximum absolute atomic E-state index is 13.0. The quantitative estimate of drug-likeness (QED) is 0.888. The van der Waals surface area contributed by atoms with E-state index in [1.54, 1.807) is 12.1 Å². The monoisotopic (exact) mass is 278 g/mol. The van der Waals surface area contributed by atoms with Crippen molar-refractivity contribution in [2.75, 3.05) is 26.2 Å². The number of rotatable bonds is 5. The van der Waals surface area contributed by atoms with Crippen LogP contribution in [0.2, 0.25) is 0 Å². The molecular weight excluding hydrogens is 251 g/mol. The van der Waals surface area contributed by atoms with Crippen molar-refractivity contribution in [2.45, 2.75) is 45.1 Å². The lowest BCUT2D eigenvalue weighted by atomic mass is 9.98. The van der Waals surface area contributed by atoms with Gasteiger partial charge in [-0.05, 0) is 62.5 Å². The van der Waals surface area contributed by atoms with Crippen LogP contribution in [-0.2, 0) is 0 Å². The summed E-state index contributed by atoms with van der Waals surface area (Å²) >= 11 is 0. The normalized spacial score (nSPS) is 21.7. The standard InChI is InChI=1S/C17H27FN2/c1-3-20(17-5-4-11-19-12-10-17)13-14(2)15-6-8-16(18)9-7-15/h6-9,14,17,19H,3-5,10-13H2,1-2H3. The van der Waals surface area contributed by atoms with Gasteiger partial charge in [0.1, 0.15) is 5.82 Å². The fourth-order valence-electron chi connectivity index (χ4n) is 3.15. The van der Waals surface area contributed by atoms with E-state index in [0.29, 0.717) is 12.0 Å². The number of benzene rings is 1. The summed E-state index contributed by atoms with van der Waals surface area (Å²) in [5.74, 6) is 0.301. The number of hydrogen-bond acceptors (Lipinski definition) is 2. The minimum Gasteiger partial charge on any atom is -0.317 e. The smallest absolute Gasteiger partial charge is 0.123 e. The van der Waals surface area contributed by atoms with Crippen molar-refractivity contribution in [3.05, 3.63) is 35.6 Å². The predicted octanol–water partition coefficient (Wildman–Crippen LogP) is 3.39. The molecule has 2 rings (SSSR count). The van der Waals surface area contributed by atoms with Crippen LogP contribution in [0.4, 0.5) is 4.39 Å². The fourth-order valence-corrected chi connectivity index (χ4v) is 3.15. The minimum absolute atomic E-state index is 0.150. The van der Waals surface area contributed by atoms with Gasteiger partial charge < -0.3 is 10.2 Å². The van der Waals surface area contributed by atoms with E-state index >= 15 is 0 Å². The summed E-state index contributed by atoms with van der Waals surface area (Å²) in [5, 5.41) is 3.48. The van der Waals surface area contributed by atoms with Crippen LogP contribution in [0.15, 0.2) is 24.3 Å². The zero-order valence-corrected chi connectivity index (χ0v) is 12.7. The van der Waals surface area contributed by atoms with Gasteiger partial charge in [0.25, 0.3) is 0 Å². The Hall–Kier alpha value is -0.930. The Labute approximate surface area is 122 Å². The Morgan fingerprint density at radius 3 is 2.70 bits per heavy atom. The van der Waals surface area contributed by atoms with Gasteiger partial charge in [-0.15, -0.1) is 0 Å². The van der Waals surface area contributed by atoms with Gasteiger partial charge in [0.2, 0.25) is 0 Å². The highest BCUT2D eigenvalue weighted by Crippen LogP contribution is 2.21. The summed E-state index contributed by atoms with van der Waals surface area (Å²) in [6, 6.07) is 7.67. The molecular formula is C17H27FN2. The lowest BCUT2D eigenvalue weighted by molar-refractivity contribution is 0.182. The Morgan fingerprint density at radius 2 is 2.00 bits per heavy atom. The van der Waals surface area contributed by atoms with Crippen molar-refractivity contribution >= 4 is 0 Å². The lowest BCUT2D eigenvalue weighted by Crippen LogP contribution is -2.38. The first kappa shape index (κ1) is 15.5. The highest BCUT2D eigenvalue weighted by atomic mass is 19.1. The average molecular weight is 278 g/mol. The van der Waals surface area contributed by atoms with E-state index in [0.717, 1.165) is 26.2 Å². The molecule has 0 aliphatic carbocycles. The molecule has 3 heteroatoms. The summed E-state index contributed by atoms with van der Waals surface area (Å²) in [6.07, 6.45) is 3.80. The number of halogens is 1. The summed E-state index contributed by atoms with van der Waals surface area (Å²) in [6.45, 7) is 8.93.